The summed E-state index contributed by atoms with van der Waals surface area (Å²) >= 11 is 17.8. The average Bonchev–Trinajstić information content (AvgIpc) is 3.07. The maximum absolute atomic E-state index is 6.22. The minimum Gasteiger partial charge on any atom is -0.299 e. The van der Waals surface area contributed by atoms with Gasteiger partial charge in [-0.15, -0.1) is 10.6 Å². The topological polar surface area (TPSA) is 60.4 Å². The summed E-state index contributed by atoms with van der Waals surface area (Å²) in [5, 5.41) is 10.3. The number of hydrazone groups is 1. The number of rotatable bonds is 3. The van der Waals surface area contributed by atoms with Crippen LogP contribution in [0, 0.1) is 4.64 Å². The van der Waals surface area contributed by atoms with Crippen LogP contribution in [0.5, 0.6) is 0 Å². The third kappa shape index (κ3) is 2.53. The molecule has 3 N–H and O–H groups in total. The summed E-state index contributed by atoms with van der Waals surface area (Å²) in [5.74, 6) is 0.718. The van der Waals surface area contributed by atoms with E-state index in [-0.39, 0.29) is 0 Å². The molecule has 21 heavy (non-hydrogen) atoms. The second-order valence-electron chi connectivity index (χ2n) is 4.33. The van der Waals surface area contributed by atoms with E-state index < -0.39 is 0 Å². The van der Waals surface area contributed by atoms with Gasteiger partial charge in [-0.1, -0.05) is 35.4 Å². The van der Waals surface area contributed by atoms with Gasteiger partial charge in [0.05, 0.1) is 16.3 Å². The Morgan fingerprint density at radius 3 is 2.90 bits per heavy atom. The van der Waals surface area contributed by atoms with Gasteiger partial charge in [0.1, 0.15) is 4.64 Å². The molecule has 0 unspecified atom stereocenters. The lowest BCUT2D eigenvalue weighted by atomic mass is 10.3. The van der Waals surface area contributed by atoms with Crippen LogP contribution in [0.2, 0.25) is 10.0 Å². The molecular weight excluding hydrogens is 331 g/mol. The predicted molar refractivity (Wildman–Crippen MR) is 86.2 cm³/mol. The molecule has 1 aromatic carbocycles. The number of aromatic amines is 1. The summed E-state index contributed by atoms with van der Waals surface area (Å²) in [6.07, 6.45) is 1.79. The zero-order chi connectivity index (χ0) is 15.0. The first-order valence-electron chi connectivity index (χ1n) is 6.24. The van der Waals surface area contributed by atoms with E-state index in [1.165, 1.54) is 0 Å². The zero-order valence-corrected chi connectivity index (χ0v) is 13.4. The Morgan fingerprint density at radius 1 is 1.33 bits per heavy atom. The van der Waals surface area contributed by atoms with Crippen LogP contribution < -0.4 is 11.1 Å². The Balaban J connectivity index is 2.08. The lowest BCUT2D eigenvalue weighted by Crippen LogP contribution is -2.40. The summed E-state index contributed by atoms with van der Waals surface area (Å²) in [4.78, 5) is 0. The monoisotopic (exact) mass is 342 g/mol. The number of amidine groups is 1. The van der Waals surface area contributed by atoms with Gasteiger partial charge in [-0.05, 0) is 25.1 Å². The van der Waals surface area contributed by atoms with E-state index in [0.717, 1.165) is 17.9 Å². The van der Waals surface area contributed by atoms with Gasteiger partial charge in [0.2, 0.25) is 0 Å². The van der Waals surface area contributed by atoms with Gasteiger partial charge in [0.15, 0.2) is 5.84 Å². The number of H-pyrrole nitrogens is 1. The van der Waals surface area contributed by atoms with Gasteiger partial charge in [-0.25, -0.2) is 10.2 Å². The molecule has 2 aromatic rings. The van der Waals surface area contributed by atoms with Crippen molar-refractivity contribution in [3.05, 3.63) is 44.6 Å². The van der Waals surface area contributed by atoms with Crippen molar-refractivity contribution in [2.75, 3.05) is 6.54 Å². The quantitative estimate of drug-likeness (QED) is 0.750. The summed E-state index contributed by atoms with van der Waals surface area (Å²) in [5.41, 5.74) is 7.12. The predicted octanol–water partition coefficient (Wildman–Crippen LogP) is 2.85. The minimum atomic E-state index is 0.556. The maximum Gasteiger partial charge on any atom is 0.177 e. The number of hydrogen-bond acceptors (Lipinski definition) is 5. The average molecular weight is 343 g/mol. The van der Waals surface area contributed by atoms with E-state index in [9.17, 15) is 0 Å². The molecule has 6 nitrogen and oxygen atoms in total. The zero-order valence-electron chi connectivity index (χ0n) is 11.0. The highest BCUT2D eigenvalue weighted by Gasteiger charge is 2.21. The molecule has 0 bridgehead atoms. The van der Waals surface area contributed by atoms with E-state index in [0.29, 0.717) is 20.4 Å². The maximum atomic E-state index is 6.22. The summed E-state index contributed by atoms with van der Waals surface area (Å²) < 4.78 is 2.27. The lowest BCUT2D eigenvalue weighted by Gasteiger charge is -2.14. The number of nitrogens with zero attached hydrogens (tertiary/aromatic N) is 3. The van der Waals surface area contributed by atoms with Crippen molar-refractivity contribution in [1.29, 1.82) is 0 Å². The Hall–Kier alpha value is -1.54. The molecule has 3 rings (SSSR count). The molecule has 0 aliphatic carbocycles. The van der Waals surface area contributed by atoms with Crippen molar-refractivity contribution in [1.82, 2.24) is 25.9 Å². The number of aromatic nitrogens is 2. The number of hydrazine groups is 2. The molecule has 0 fully saturated rings. The molecule has 0 amide bonds. The van der Waals surface area contributed by atoms with E-state index in [2.05, 4.69) is 21.3 Å². The SMILES string of the molecule is CCN1NNN=C1c1c[nH]n(-c2cc(Cl)ccc2Cl)c1=S. The van der Waals surface area contributed by atoms with Crippen LogP contribution in [-0.4, -0.2) is 27.2 Å². The Morgan fingerprint density at radius 2 is 2.14 bits per heavy atom. The molecule has 0 spiro atoms. The van der Waals surface area contributed by atoms with E-state index >= 15 is 0 Å². The Bertz CT molecular complexity index is 765. The second-order valence-corrected chi connectivity index (χ2v) is 5.56. The van der Waals surface area contributed by atoms with Crippen LogP contribution in [0.3, 0.4) is 0 Å². The fourth-order valence-electron chi connectivity index (χ4n) is 2.05. The fraction of sp³-hybridized carbons (Fsp3) is 0.167. The Kier molecular flexibility index (Phi) is 3.90. The molecule has 110 valence electrons. The van der Waals surface area contributed by atoms with Crippen LogP contribution in [0.1, 0.15) is 12.5 Å². The summed E-state index contributed by atoms with van der Waals surface area (Å²) in [7, 11) is 0. The molecule has 2 heterocycles. The van der Waals surface area contributed by atoms with Gasteiger partial charge in [-0.3, -0.25) is 10.1 Å². The molecule has 0 saturated carbocycles. The van der Waals surface area contributed by atoms with E-state index in [1.54, 1.807) is 29.1 Å². The van der Waals surface area contributed by atoms with Gasteiger partial charge >= 0.3 is 0 Å². The van der Waals surface area contributed by atoms with Crippen molar-refractivity contribution < 1.29 is 0 Å². The van der Waals surface area contributed by atoms with Crippen LogP contribution in [0.25, 0.3) is 5.69 Å². The lowest BCUT2D eigenvalue weighted by molar-refractivity contribution is 0.308. The van der Waals surface area contributed by atoms with Gasteiger partial charge in [0.25, 0.3) is 0 Å². The van der Waals surface area contributed by atoms with Crippen molar-refractivity contribution >= 4 is 41.3 Å². The largest absolute Gasteiger partial charge is 0.299 e. The van der Waals surface area contributed by atoms with Crippen LogP contribution in [0.4, 0.5) is 0 Å². The Labute approximate surface area is 136 Å². The molecule has 1 aliphatic heterocycles. The smallest absolute Gasteiger partial charge is 0.177 e. The molecule has 0 atom stereocenters. The van der Waals surface area contributed by atoms with Crippen LogP contribution in [-0.2, 0) is 0 Å². The molecule has 1 aromatic heterocycles. The highest BCUT2D eigenvalue weighted by molar-refractivity contribution is 7.71. The normalized spacial score (nSPS) is 14.2. The first-order valence-corrected chi connectivity index (χ1v) is 7.40. The molecular formula is C12H12Cl2N6S. The van der Waals surface area contributed by atoms with Gasteiger partial charge in [0, 0.05) is 17.8 Å². The molecule has 0 saturated heterocycles. The minimum absolute atomic E-state index is 0.556. The van der Waals surface area contributed by atoms with Crippen molar-refractivity contribution in [3.63, 3.8) is 0 Å². The fourth-order valence-corrected chi connectivity index (χ4v) is 2.72. The van der Waals surface area contributed by atoms with E-state index in [1.807, 2.05) is 11.9 Å². The van der Waals surface area contributed by atoms with Crippen LogP contribution >= 0.6 is 35.4 Å². The molecule has 0 radical (unpaired) electrons. The first-order chi connectivity index (χ1) is 10.1. The van der Waals surface area contributed by atoms with Crippen molar-refractivity contribution in [2.45, 2.75) is 6.92 Å². The van der Waals surface area contributed by atoms with Crippen molar-refractivity contribution in [3.8, 4) is 5.69 Å². The highest BCUT2D eigenvalue weighted by atomic mass is 35.5. The third-order valence-electron chi connectivity index (χ3n) is 3.08. The summed E-state index contributed by atoms with van der Waals surface area (Å²) in [6.45, 7) is 2.75. The number of benzene rings is 1. The standard InChI is InChI=1S/C12H12Cl2N6S/c1-2-19-11(16-17-18-19)8-6-15-20(12(8)21)10-5-7(13)3-4-9(10)14/h3-6,15,17-18H,2H2,1H3. The van der Waals surface area contributed by atoms with E-state index in [4.69, 9.17) is 35.4 Å². The molecule has 1 aliphatic rings. The second kappa shape index (κ2) is 5.69. The van der Waals surface area contributed by atoms with Crippen LogP contribution in [0.15, 0.2) is 29.5 Å². The highest BCUT2D eigenvalue weighted by Crippen LogP contribution is 2.25. The van der Waals surface area contributed by atoms with Gasteiger partial charge in [-0.2, -0.15) is 0 Å². The number of halogens is 2. The third-order valence-corrected chi connectivity index (χ3v) is 4.04. The van der Waals surface area contributed by atoms with Gasteiger partial charge < -0.3 is 0 Å². The number of hydrogen-bond donors (Lipinski definition) is 3. The summed E-state index contributed by atoms with van der Waals surface area (Å²) in [6, 6.07) is 5.22. The molecule has 9 heteroatoms. The van der Waals surface area contributed by atoms with Crippen molar-refractivity contribution in [2.24, 2.45) is 5.10 Å². The first kappa shape index (κ1) is 14.4. The number of nitrogens with one attached hydrogen (secondary N) is 3.